The number of nitrogens with zero attached hydrogens (tertiary/aromatic N) is 1. The quantitative estimate of drug-likeness (QED) is 0.814. The lowest BCUT2D eigenvalue weighted by Gasteiger charge is -2.24. The lowest BCUT2D eigenvalue weighted by Crippen LogP contribution is -2.34. The maximum atomic E-state index is 12.6. The Bertz CT molecular complexity index is 500. The Kier molecular flexibility index (Phi) is 3.09. The van der Waals surface area contributed by atoms with E-state index in [1.807, 2.05) is 23.1 Å². The standard InChI is InChI=1S/C15H21N3O/c1-10-7-11(2)18(9-10)15(19)12-3-4-13-14(8-12)17-6-5-16-13/h3-4,8,10-11,16-17H,5-7,9H2,1-2H3. The number of hydrogen-bond donors (Lipinski definition) is 2. The van der Waals surface area contributed by atoms with Crippen molar-refractivity contribution in [2.75, 3.05) is 30.3 Å². The molecule has 0 aromatic heterocycles. The van der Waals surface area contributed by atoms with Crippen molar-refractivity contribution in [3.05, 3.63) is 23.8 Å². The Labute approximate surface area is 114 Å². The van der Waals surface area contributed by atoms with E-state index < -0.39 is 0 Å². The number of fused-ring (bicyclic) bond motifs is 1. The van der Waals surface area contributed by atoms with Crippen molar-refractivity contribution in [1.29, 1.82) is 0 Å². The van der Waals surface area contributed by atoms with Gasteiger partial charge in [0.25, 0.3) is 5.91 Å². The van der Waals surface area contributed by atoms with Gasteiger partial charge in [0.05, 0.1) is 11.4 Å². The number of anilines is 2. The molecular weight excluding hydrogens is 238 g/mol. The Morgan fingerprint density at radius 1 is 1.21 bits per heavy atom. The van der Waals surface area contributed by atoms with Crippen LogP contribution in [-0.2, 0) is 0 Å². The highest BCUT2D eigenvalue weighted by Gasteiger charge is 2.30. The number of hydrogen-bond acceptors (Lipinski definition) is 3. The van der Waals surface area contributed by atoms with Crippen LogP contribution in [0.25, 0.3) is 0 Å². The molecule has 4 heteroatoms. The molecule has 0 bridgehead atoms. The first kappa shape index (κ1) is 12.3. The summed E-state index contributed by atoms with van der Waals surface area (Å²) in [5.41, 5.74) is 2.92. The van der Waals surface area contributed by atoms with Crippen molar-refractivity contribution >= 4 is 17.3 Å². The summed E-state index contributed by atoms with van der Waals surface area (Å²) in [5.74, 6) is 0.767. The van der Waals surface area contributed by atoms with Crippen molar-refractivity contribution in [3.63, 3.8) is 0 Å². The lowest BCUT2D eigenvalue weighted by atomic mass is 10.1. The number of rotatable bonds is 1. The number of amides is 1. The van der Waals surface area contributed by atoms with Gasteiger partial charge in [0.15, 0.2) is 0 Å². The zero-order valence-corrected chi connectivity index (χ0v) is 11.6. The number of carbonyl (C=O) groups excluding carboxylic acids is 1. The predicted octanol–water partition coefficient (Wildman–Crippen LogP) is 2.39. The van der Waals surface area contributed by atoms with E-state index in [1.165, 1.54) is 0 Å². The average molecular weight is 259 g/mol. The number of likely N-dealkylation sites (tertiary alicyclic amines) is 1. The van der Waals surface area contributed by atoms with Crippen molar-refractivity contribution in [2.24, 2.45) is 5.92 Å². The maximum Gasteiger partial charge on any atom is 0.254 e. The second-order valence-corrected chi connectivity index (χ2v) is 5.76. The highest BCUT2D eigenvalue weighted by Crippen LogP contribution is 2.28. The molecule has 2 unspecified atom stereocenters. The summed E-state index contributed by atoms with van der Waals surface area (Å²) in [6.07, 6.45) is 1.11. The number of benzene rings is 1. The van der Waals surface area contributed by atoms with Crippen LogP contribution < -0.4 is 10.6 Å². The Morgan fingerprint density at radius 2 is 1.95 bits per heavy atom. The zero-order valence-electron chi connectivity index (χ0n) is 11.6. The number of nitrogens with one attached hydrogen (secondary N) is 2. The molecule has 2 N–H and O–H groups in total. The molecule has 0 spiro atoms. The van der Waals surface area contributed by atoms with Crippen molar-refractivity contribution < 1.29 is 4.79 Å². The van der Waals surface area contributed by atoms with Gasteiger partial charge in [-0.25, -0.2) is 0 Å². The van der Waals surface area contributed by atoms with E-state index >= 15 is 0 Å². The molecule has 1 amide bonds. The second-order valence-electron chi connectivity index (χ2n) is 5.76. The third-order valence-corrected chi connectivity index (χ3v) is 4.07. The van der Waals surface area contributed by atoms with Crippen LogP contribution in [0.15, 0.2) is 18.2 Å². The van der Waals surface area contributed by atoms with Gasteiger partial charge >= 0.3 is 0 Å². The molecule has 0 radical (unpaired) electrons. The molecular formula is C15H21N3O. The van der Waals surface area contributed by atoms with Gasteiger partial charge in [0.1, 0.15) is 0 Å². The third kappa shape index (κ3) is 2.27. The molecule has 3 rings (SSSR count). The van der Waals surface area contributed by atoms with Crippen LogP contribution in [-0.4, -0.2) is 36.5 Å². The smallest absolute Gasteiger partial charge is 0.254 e. The van der Waals surface area contributed by atoms with Gasteiger partial charge in [-0.2, -0.15) is 0 Å². The predicted molar refractivity (Wildman–Crippen MR) is 77.7 cm³/mol. The van der Waals surface area contributed by atoms with Crippen LogP contribution in [0.3, 0.4) is 0 Å². The fourth-order valence-corrected chi connectivity index (χ4v) is 3.12. The van der Waals surface area contributed by atoms with E-state index in [2.05, 4.69) is 24.5 Å². The fraction of sp³-hybridized carbons (Fsp3) is 0.533. The Hall–Kier alpha value is -1.71. The van der Waals surface area contributed by atoms with Crippen LogP contribution >= 0.6 is 0 Å². The zero-order chi connectivity index (χ0) is 13.4. The molecule has 2 heterocycles. The largest absolute Gasteiger partial charge is 0.382 e. The summed E-state index contributed by atoms with van der Waals surface area (Å²) in [5, 5.41) is 6.66. The summed E-state index contributed by atoms with van der Waals surface area (Å²) in [6, 6.07) is 6.25. The first-order valence-corrected chi connectivity index (χ1v) is 7.08. The molecule has 4 nitrogen and oxygen atoms in total. The highest BCUT2D eigenvalue weighted by atomic mass is 16.2. The molecule has 2 aliphatic heterocycles. The summed E-state index contributed by atoms with van der Waals surface area (Å²) < 4.78 is 0. The molecule has 19 heavy (non-hydrogen) atoms. The summed E-state index contributed by atoms with van der Waals surface area (Å²) in [7, 11) is 0. The third-order valence-electron chi connectivity index (χ3n) is 4.07. The van der Waals surface area contributed by atoms with E-state index in [9.17, 15) is 4.79 Å². The summed E-state index contributed by atoms with van der Waals surface area (Å²) in [4.78, 5) is 14.6. The van der Waals surface area contributed by atoms with Crippen molar-refractivity contribution in [1.82, 2.24) is 4.90 Å². The molecule has 2 atom stereocenters. The molecule has 0 aliphatic carbocycles. The molecule has 1 saturated heterocycles. The lowest BCUT2D eigenvalue weighted by molar-refractivity contribution is 0.0744. The normalized spacial score (nSPS) is 25.5. The number of carbonyl (C=O) groups is 1. The van der Waals surface area contributed by atoms with Crippen LogP contribution in [0.4, 0.5) is 11.4 Å². The Balaban J connectivity index is 1.84. The van der Waals surface area contributed by atoms with Gasteiger partial charge in [-0.1, -0.05) is 6.92 Å². The SMILES string of the molecule is CC1CC(C)N(C(=O)c2ccc3c(c2)NCCN3)C1. The van der Waals surface area contributed by atoms with Crippen LogP contribution in [0, 0.1) is 5.92 Å². The molecule has 102 valence electrons. The van der Waals surface area contributed by atoms with E-state index in [4.69, 9.17) is 0 Å². The summed E-state index contributed by atoms with van der Waals surface area (Å²) >= 11 is 0. The minimum absolute atomic E-state index is 0.159. The van der Waals surface area contributed by atoms with E-state index in [-0.39, 0.29) is 5.91 Å². The van der Waals surface area contributed by atoms with Crippen molar-refractivity contribution in [3.8, 4) is 0 Å². The second kappa shape index (κ2) is 4.76. The molecule has 0 saturated carbocycles. The maximum absolute atomic E-state index is 12.6. The average Bonchev–Trinajstić information content (AvgIpc) is 2.76. The van der Waals surface area contributed by atoms with Gasteiger partial charge in [0.2, 0.25) is 0 Å². The minimum Gasteiger partial charge on any atom is -0.382 e. The van der Waals surface area contributed by atoms with Gasteiger partial charge in [-0.15, -0.1) is 0 Å². The van der Waals surface area contributed by atoms with Gasteiger partial charge in [-0.3, -0.25) is 4.79 Å². The summed E-state index contributed by atoms with van der Waals surface area (Å²) in [6.45, 7) is 7.06. The molecule has 1 fully saturated rings. The molecule has 2 aliphatic rings. The topological polar surface area (TPSA) is 44.4 Å². The van der Waals surface area contributed by atoms with Gasteiger partial charge in [-0.05, 0) is 37.5 Å². The van der Waals surface area contributed by atoms with Crippen LogP contribution in [0.1, 0.15) is 30.6 Å². The highest BCUT2D eigenvalue weighted by molar-refractivity contribution is 5.96. The van der Waals surface area contributed by atoms with E-state index in [1.54, 1.807) is 0 Å². The van der Waals surface area contributed by atoms with Crippen molar-refractivity contribution in [2.45, 2.75) is 26.3 Å². The van der Waals surface area contributed by atoms with E-state index in [0.717, 1.165) is 43.0 Å². The Morgan fingerprint density at radius 3 is 2.63 bits per heavy atom. The monoisotopic (exact) mass is 259 g/mol. The van der Waals surface area contributed by atoms with E-state index in [0.29, 0.717) is 12.0 Å². The van der Waals surface area contributed by atoms with Crippen LogP contribution in [0.5, 0.6) is 0 Å². The van der Waals surface area contributed by atoms with Crippen LogP contribution in [0.2, 0.25) is 0 Å². The molecule has 1 aromatic rings. The first-order valence-electron chi connectivity index (χ1n) is 7.08. The minimum atomic E-state index is 0.159. The van der Waals surface area contributed by atoms with Gasteiger partial charge in [0, 0.05) is 31.2 Å². The van der Waals surface area contributed by atoms with Gasteiger partial charge < -0.3 is 15.5 Å². The fourth-order valence-electron chi connectivity index (χ4n) is 3.12. The molecule has 1 aromatic carbocycles. The first-order chi connectivity index (χ1) is 9.15.